The predicted molar refractivity (Wildman–Crippen MR) is 93.3 cm³/mol. The molecular weight excluding hydrogens is 322 g/mol. The van der Waals surface area contributed by atoms with Gasteiger partial charge in [-0.1, -0.05) is 0 Å². The van der Waals surface area contributed by atoms with Crippen LogP contribution in [0.3, 0.4) is 0 Å². The molecule has 3 rings (SSSR count). The number of carbonyl (C=O) groups excluding carboxylic acids is 1. The van der Waals surface area contributed by atoms with Gasteiger partial charge in [0.25, 0.3) is 5.91 Å². The molecule has 134 valence electrons. The van der Waals surface area contributed by atoms with Crippen LogP contribution in [0, 0.1) is 0 Å². The molecule has 25 heavy (non-hydrogen) atoms. The van der Waals surface area contributed by atoms with E-state index < -0.39 is 0 Å². The molecule has 0 radical (unpaired) electrons. The van der Waals surface area contributed by atoms with Gasteiger partial charge in [0, 0.05) is 24.4 Å². The van der Waals surface area contributed by atoms with Crippen molar-refractivity contribution < 1.29 is 19.0 Å². The second-order valence-electron chi connectivity index (χ2n) is 6.00. The highest BCUT2D eigenvalue weighted by atomic mass is 16.5. The summed E-state index contributed by atoms with van der Waals surface area (Å²) in [5.74, 6) is 0.884. The van der Waals surface area contributed by atoms with Gasteiger partial charge in [-0.3, -0.25) is 9.48 Å². The first-order valence-electron chi connectivity index (χ1n) is 8.36. The van der Waals surface area contributed by atoms with E-state index in [9.17, 15) is 4.79 Å². The molecule has 1 aromatic carbocycles. The topological polar surface area (TPSA) is 74.6 Å². The van der Waals surface area contributed by atoms with Crippen LogP contribution in [0.1, 0.15) is 29.6 Å². The summed E-state index contributed by atoms with van der Waals surface area (Å²) >= 11 is 0. The Kier molecular flexibility index (Phi) is 5.55. The van der Waals surface area contributed by atoms with Gasteiger partial charge in [0.2, 0.25) is 0 Å². The van der Waals surface area contributed by atoms with E-state index in [0.717, 1.165) is 19.4 Å². The van der Waals surface area contributed by atoms with Gasteiger partial charge in [0.05, 0.1) is 38.8 Å². The van der Waals surface area contributed by atoms with Crippen molar-refractivity contribution in [3.05, 3.63) is 36.2 Å². The maximum Gasteiger partial charge on any atom is 0.256 e. The highest BCUT2D eigenvalue weighted by Gasteiger charge is 2.16. The number of nitrogens with zero attached hydrogens (tertiary/aromatic N) is 2. The van der Waals surface area contributed by atoms with Crippen LogP contribution >= 0.6 is 0 Å². The van der Waals surface area contributed by atoms with Crippen LogP contribution < -0.4 is 14.8 Å². The molecule has 1 aromatic heterocycles. The second-order valence-corrected chi connectivity index (χ2v) is 6.00. The zero-order chi connectivity index (χ0) is 17.6. The van der Waals surface area contributed by atoms with Crippen molar-refractivity contribution in [3.8, 4) is 11.5 Å². The second kappa shape index (κ2) is 8.02. The van der Waals surface area contributed by atoms with Gasteiger partial charge in [0.15, 0.2) is 0 Å². The minimum atomic E-state index is -0.245. The van der Waals surface area contributed by atoms with Crippen molar-refractivity contribution in [2.45, 2.75) is 31.9 Å². The smallest absolute Gasteiger partial charge is 0.256 e. The van der Waals surface area contributed by atoms with Gasteiger partial charge in [-0.15, -0.1) is 0 Å². The maximum absolute atomic E-state index is 12.5. The Bertz CT molecular complexity index is 701. The lowest BCUT2D eigenvalue weighted by Gasteiger charge is -2.22. The molecule has 0 spiro atoms. The van der Waals surface area contributed by atoms with Crippen molar-refractivity contribution in [2.24, 2.45) is 0 Å². The molecule has 1 aliphatic rings. The molecule has 7 nitrogen and oxygen atoms in total. The quantitative estimate of drug-likeness (QED) is 0.871. The third kappa shape index (κ3) is 4.51. The third-order valence-electron chi connectivity index (χ3n) is 4.17. The number of hydrogen-bond donors (Lipinski definition) is 1. The fourth-order valence-corrected chi connectivity index (χ4v) is 2.83. The van der Waals surface area contributed by atoms with Gasteiger partial charge < -0.3 is 19.5 Å². The van der Waals surface area contributed by atoms with E-state index in [0.29, 0.717) is 29.3 Å². The lowest BCUT2D eigenvalue weighted by Crippen LogP contribution is -2.24. The average molecular weight is 345 g/mol. The highest BCUT2D eigenvalue weighted by Crippen LogP contribution is 2.23. The zero-order valence-corrected chi connectivity index (χ0v) is 14.5. The van der Waals surface area contributed by atoms with Crippen LogP contribution in [0.2, 0.25) is 0 Å². The Balaban J connectivity index is 1.65. The Morgan fingerprint density at radius 2 is 2.04 bits per heavy atom. The molecule has 0 unspecified atom stereocenters. The summed E-state index contributed by atoms with van der Waals surface area (Å²) < 4.78 is 17.9. The summed E-state index contributed by atoms with van der Waals surface area (Å²) in [6, 6.07) is 5.05. The fourth-order valence-electron chi connectivity index (χ4n) is 2.83. The number of benzene rings is 1. The summed E-state index contributed by atoms with van der Waals surface area (Å²) in [4.78, 5) is 12.5. The molecule has 2 aromatic rings. The van der Waals surface area contributed by atoms with E-state index in [1.54, 1.807) is 43.3 Å². The number of carbonyl (C=O) groups is 1. The van der Waals surface area contributed by atoms with Crippen LogP contribution in [0.25, 0.3) is 0 Å². The summed E-state index contributed by atoms with van der Waals surface area (Å²) in [5.41, 5.74) is 1.10. The summed E-state index contributed by atoms with van der Waals surface area (Å²) in [7, 11) is 3.10. The number of ether oxygens (including phenoxy) is 3. The molecule has 0 aliphatic carbocycles. The molecule has 1 amide bonds. The first kappa shape index (κ1) is 17.3. The Morgan fingerprint density at radius 3 is 2.68 bits per heavy atom. The highest BCUT2D eigenvalue weighted by molar-refractivity contribution is 6.04. The van der Waals surface area contributed by atoms with Crippen LogP contribution in [-0.4, -0.2) is 42.6 Å². The number of hydrogen-bond acceptors (Lipinski definition) is 5. The molecular formula is C18H23N3O4. The number of amides is 1. The minimum Gasteiger partial charge on any atom is -0.497 e. The maximum atomic E-state index is 12.5. The number of rotatable bonds is 6. The Morgan fingerprint density at radius 1 is 1.28 bits per heavy atom. The Labute approximate surface area is 146 Å². The lowest BCUT2D eigenvalue weighted by molar-refractivity contribution is 0.00400. The van der Waals surface area contributed by atoms with Gasteiger partial charge in [0.1, 0.15) is 11.5 Å². The first-order chi connectivity index (χ1) is 12.2. The molecule has 7 heteroatoms. The standard InChI is InChI=1S/C18H23N3O4/c1-23-16-7-13(8-17(9-16)24-2)18(22)20-14-10-19-21(11-14)12-15-5-3-4-6-25-15/h7-11,15H,3-6,12H2,1-2H3,(H,20,22)/t15-/m0/s1. The molecule has 0 bridgehead atoms. The molecule has 1 saturated heterocycles. The van der Waals surface area contributed by atoms with Gasteiger partial charge in [-0.05, 0) is 31.4 Å². The third-order valence-corrected chi connectivity index (χ3v) is 4.17. The number of anilines is 1. The lowest BCUT2D eigenvalue weighted by atomic mass is 10.1. The van der Waals surface area contributed by atoms with Gasteiger partial charge in [-0.2, -0.15) is 5.10 Å². The van der Waals surface area contributed by atoms with Crippen molar-refractivity contribution in [1.82, 2.24) is 9.78 Å². The van der Waals surface area contributed by atoms with E-state index in [2.05, 4.69) is 10.4 Å². The fraction of sp³-hybridized carbons (Fsp3) is 0.444. The average Bonchev–Trinajstić information content (AvgIpc) is 3.08. The summed E-state index contributed by atoms with van der Waals surface area (Å²) in [6.45, 7) is 1.51. The number of methoxy groups -OCH3 is 2. The first-order valence-corrected chi connectivity index (χ1v) is 8.36. The monoisotopic (exact) mass is 345 g/mol. The van der Waals surface area contributed by atoms with Crippen molar-refractivity contribution in [1.29, 1.82) is 0 Å². The minimum absolute atomic E-state index is 0.194. The van der Waals surface area contributed by atoms with Crippen molar-refractivity contribution in [2.75, 3.05) is 26.1 Å². The summed E-state index contributed by atoms with van der Waals surface area (Å²) in [5, 5.41) is 7.14. The van der Waals surface area contributed by atoms with Crippen LogP contribution in [-0.2, 0) is 11.3 Å². The van der Waals surface area contributed by atoms with Crippen LogP contribution in [0.5, 0.6) is 11.5 Å². The molecule has 2 heterocycles. The zero-order valence-electron chi connectivity index (χ0n) is 14.5. The van der Waals surface area contributed by atoms with E-state index in [1.165, 1.54) is 6.42 Å². The molecule has 1 fully saturated rings. The normalized spacial score (nSPS) is 17.1. The molecule has 1 aliphatic heterocycles. The van der Waals surface area contributed by atoms with E-state index >= 15 is 0 Å². The van der Waals surface area contributed by atoms with Crippen molar-refractivity contribution in [3.63, 3.8) is 0 Å². The van der Waals surface area contributed by atoms with Crippen LogP contribution in [0.4, 0.5) is 5.69 Å². The molecule has 0 saturated carbocycles. The number of nitrogens with one attached hydrogen (secondary N) is 1. The van der Waals surface area contributed by atoms with E-state index in [1.807, 2.05) is 6.20 Å². The predicted octanol–water partition coefficient (Wildman–Crippen LogP) is 2.72. The van der Waals surface area contributed by atoms with Crippen molar-refractivity contribution >= 4 is 11.6 Å². The van der Waals surface area contributed by atoms with E-state index in [-0.39, 0.29) is 12.0 Å². The van der Waals surface area contributed by atoms with Crippen LogP contribution in [0.15, 0.2) is 30.6 Å². The van der Waals surface area contributed by atoms with Gasteiger partial charge >= 0.3 is 0 Å². The largest absolute Gasteiger partial charge is 0.497 e. The SMILES string of the molecule is COc1cc(OC)cc(C(=O)Nc2cnn(C[C@@H]3CCCCO3)c2)c1. The number of aromatic nitrogens is 2. The summed E-state index contributed by atoms with van der Waals surface area (Å²) in [6.07, 6.45) is 7.00. The molecule has 1 atom stereocenters. The Hall–Kier alpha value is -2.54. The van der Waals surface area contributed by atoms with Gasteiger partial charge in [-0.25, -0.2) is 0 Å². The van der Waals surface area contributed by atoms with E-state index in [4.69, 9.17) is 14.2 Å². The molecule has 1 N–H and O–H groups in total.